The summed E-state index contributed by atoms with van der Waals surface area (Å²) in [6.07, 6.45) is 1.48. The van der Waals surface area contributed by atoms with E-state index in [-0.39, 0.29) is 27.8 Å². The van der Waals surface area contributed by atoms with Crippen LogP contribution in [0.1, 0.15) is 10.4 Å². The number of anilines is 1. The lowest BCUT2D eigenvalue weighted by Crippen LogP contribution is -2.31. The summed E-state index contributed by atoms with van der Waals surface area (Å²) >= 11 is 12.0. The molecular formula is C22H17Cl2NO4S. The van der Waals surface area contributed by atoms with Crippen LogP contribution in [0, 0.1) is 0 Å². The van der Waals surface area contributed by atoms with Gasteiger partial charge in [0.05, 0.1) is 27.7 Å². The van der Waals surface area contributed by atoms with Crippen LogP contribution in [-0.2, 0) is 10.0 Å². The van der Waals surface area contributed by atoms with Gasteiger partial charge in [0.25, 0.3) is 10.0 Å². The zero-order chi connectivity index (χ0) is 21.7. The van der Waals surface area contributed by atoms with Crippen molar-refractivity contribution < 1.29 is 17.9 Å². The minimum Gasteiger partial charge on any atom is -0.423 e. The molecule has 0 bridgehead atoms. The van der Waals surface area contributed by atoms with E-state index in [1.165, 1.54) is 40.7 Å². The summed E-state index contributed by atoms with van der Waals surface area (Å²) < 4.78 is 33.0. The van der Waals surface area contributed by atoms with Crippen molar-refractivity contribution in [3.8, 4) is 5.75 Å². The van der Waals surface area contributed by atoms with E-state index in [1.54, 1.807) is 42.5 Å². The summed E-state index contributed by atoms with van der Waals surface area (Å²) in [6, 6.07) is 18.7. The third kappa shape index (κ3) is 4.84. The van der Waals surface area contributed by atoms with E-state index in [1.807, 2.05) is 0 Å². The summed E-state index contributed by atoms with van der Waals surface area (Å²) in [5.41, 5.74) is 0.400. The summed E-state index contributed by atoms with van der Waals surface area (Å²) in [5, 5.41) is 0.562. The van der Waals surface area contributed by atoms with Gasteiger partial charge in [0.1, 0.15) is 5.75 Å². The molecule has 3 aromatic rings. The molecule has 0 aliphatic heterocycles. The standard InChI is InChI=1S/C22H17Cl2NO4S/c1-2-14-25(17-6-4-3-5-7-17)30(27,28)19-12-13-21(24)20(15-19)22(26)29-18-10-8-16(23)9-11-18/h2-13,15H,1,14H2. The van der Waals surface area contributed by atoms with Crippen molar-refractivity contribution in [1.82, 2.24) is 0 Å². The number of halogens is 2. The van der Waals surface area contributed by atoms with Gasteiger partial charge in [-0.3, -0.25) is 4.31 Å². The van der Waals surface area contributed by atoms with Crippen molar-refractivity contribution >= 4 is 44.9 Å². The summed E-state index contributed by atoms with van der Waals surface area (Å²) in [5.74, 6) is -0.527. The highest BCUT2D eigenvalue weighted by atomic mass is 35.5. The van der Waals surface area contributed by atoms with Crippen LogP contribution in [0.2, 0.25) is 10.0 Å². The number of benzene rings is 3. The Morgan fingerprint density at radius 2 is 1.67 bits per heavy atom. The molecule has 0 aromatic heterocycles. The molecule has 0 amide bonds. The van der Waals surface area contributed by atoms with Crippen molar-refractivity contribution in [2.24, 2.45) is 0 Å². The zero-order valence-corrected chi connectivity index (χ0v) is 18.0. The van der Waals surface area contributed by atoms with E-state index < -0.39 is 16.0 Å². The monoisotopic (exact) mass is 461 g/mol. The number of ether oxygens (including phenoxy) is 1. The Morgan fingerprint density at radius 3 is 2.30 bits per heavy atom. The minimum absolute atomic E-state index is 0.0551. The molecule has 0 aliphatic rings. The first-order chi connectivity index (χ1) is 14.3. The average molecular weight is 462 g/mol. The highest BCUT2D eigenvalue weighted by molar-refractivity contribution is 7.92. The lowest BCUT2D eigenvalue weighted by atomic mass is 10.2. The Hall–Kier alpha value is -2.80. The zero-order valence-electron chi connectivity index (χ0n) is 15.7. The second-order valence-electron chi connectivity index (χ2n) is 6.15. The van der Waals surface area contributed by atoms with Gasteiger partial charge in [-0.05, 0) is 54.6 Å². The molecule has 0 radical (unpaired) electrons. The van der Waals surface area contributed by atoms with Gasteiger partial charge in [-0.2, -0.15) is 0 Å². The van der Waals surface area contributed by atoms with E-state index in [2.05, 4.69) is 6.58 Å². The maximum atomic E-state index is 13.3. The van der Waals surface area contributed by atoms with Crippen LogP contribution in [-0.4, -0.2) is 20.9 Å². The van der Waals surface area contributed by atoms with Gasteiger partial charge in [-0.25, -0.2) is 13.2 Å². The third-order valence-electron chi connectivity index (χ3n) is 4.11. The molecule has 3 aromatic carbocycles. The lowest BCUT2D eigenvalue weighted by molar-refractivity contribution is 0.0734. The van der Waals surface area contributed by atoms with Crippen LogP contribution < -0.4 is 9.04 Å². The molecule has 0 saturated carbocycles. The van der Waals surface area contributed by atoms with Gasteiger partial charge in [-0.1, -0.05) is 47.5 Å². The Balaban J connectivity index is 1.97. The molecule has 3 rings (SSSR count). The maximum Gasteiger partial charge on any atom is 0.345 e. The second-order valence-corrected chi connectivity index (χ2v) is 8.85. The topological polar surface area (TPSA) is 63.7 Å². The minimum atomic E-state index is -3.99. The first-order valence-electron chi connectivity index (χ1n) is 8.79. The van der Waals surface area contributed by atoms with Crippen LogP contribution in [0.5, 0.6) is 5.75 Å². The lowest BCUT2D eigenvalue weighted by Gasteiger charge is -2.23. The molecule has 30 heavy (non-hydrogen) atoms. The predicted octanol–water partition coefficient (Wildman–Crippen LogP) is 5.59. The van der Waals surface area contributed by atoms with E-state index in [0.29, 0.717) is 10.7 Å². The van der Waals surface area contributed by atoms with Crippen molar-refractivity contribution in [3.05, 3.63) is 101 Å². The van der Waals surface area contributed by atoms with Crippen LogP contribution in [0.25, 0.3) is 0 Å². The van der Waals surface area contributed by atoms with Crippen LogP contribution in [0.3, 0.4) is 0 Å². The maximum absolute atomic E-state index is 13.3. The summed E-state index contributed by atoms with van der Waals surface area (Å²) in [7, 11) is -3.99. The molecule has 0 fully saturated rings. The number of rotatable bonds is 7. The molecule has 0 atom stereocenters. The fraction of sp³-hybridized carbons (Fsp3) is 0.0455. The fourth-order valence-corrected chi connectivity index (χ4v) is 4.45. The first kappa shape index (κ1) is 21.9. The Bertz CT molecular complexity index is 1160. The second kappa shape index (κ2) is 9.34. The Labute approximate surface area is 185 Å². The van der Waals surface area contributed by atoms with Gasteiger partial charge < -0.3 is 4.74 Å². The number of hydrogen-bond donors (Lipinski definition) is 0. The van der Waals surface area contributed by atoms with Crippen LogP contribution >= 0.6 is 23.2 Å². The molecule has 8 heteroatoms. The van der Waals surface area contributed by atoms with Crippen LogP contribution in [0.15, 0.2) is 90.3 Å². The third-order valence-corrected chi connectivity index (χ3v) is 6.48. The molecule has 0 spiro atoms. The predicted molar refractivity (Wildman–Crippen MR) is 119 cm³/mol. The number of para-hydroxylation sites is 1. The van der Waals surface area contributed by atoms with Gasteiger partial charge in [0.2, 0.25) is 0 Å². The molecule has 0 N–H and O–H groups in total. The molecular weight excluding hydrogens is 445 g/mol. The number of sulfonamides is 1. The van der Waals surface area contributed by atoms with Crippen molar-refractivity contribution in [2.45, 2.75) is 4.90 Å². The number of hydrogen-bond acceptors (Lipinski definition) is 4. The molecule has 0 heterocycles. The van der Waals surface area contributed by atoms with Gasteiger partial charge in [0, 0.05) is 5.02 Å². The highest BCUT2D eigenvalue weighted by Crippen LogP contribution is 2.28. The highest BCUT2D eigenvalue weighted by Gasteiger charge is 2.26. The van der Waals surface area contributed by atoms with Gasteiger partial charge >= 0.3 is 5.97 Å². The van der Waals surface area contributed by atoms with Crippen LogP contribution in [0.4, 0.5) is 5.69 Å². The van der Waals surface area contributed by atoms with E-state index in [9.17, 15) is 13.2 Å². The van der Waals surface area contributed by atoms with Crippen molar-refractivity contribution in [1.29, 1.82) is 0 Å². The average Bonchev–Trinajstić information content (AvgIpc) is 2.74. The summed E-state index contributed by atoms with van der Waals surface area (Å²) in [6.45, 7) is 3.69. The number of nitrogens with zero attached hydrogens (tertiary/aromatic N) is 1. The van der Waals surface area contributed by atoms with E-state index in [0.717, 1.165) is 0 Å². The molecule has 0 aliphatic carbocycles. The smallest absolute Gasteiger partial charge is 0.345 e. The Morgan fingerprint density at radius 1 is 1.00 bits per heavy atom. The first-order valence-corrected chi connectivity index (χ1v) is 11.0. The molecule has 154 valence electrons. The quantitative estimate of drug-likeness (QED) is 0.261. The number of carbonyl (C=O) groups excluding carboxylic acids is 1. The van der Waals surface area contributed by atoms with E-state index >= 15 is 0 Å². The molecule has 0 unspecified atom stereocenters. The summed E-state index contributed by atoms with van der Waals surface area (Å²) in [4.78, 5) is 12.5. The SMILES string of the molecule is C=CCN(c1ccccc1)S(=O)(=O)c1ccc(Cl)c(C(=O)Oc2ccc(Cl)cc2)c1. The van der Waals surface area contributed by atoms with Crippen molar-refractivity contribution in [3.63, 3.8) is 0 Å². The number of esters is 1. The van der Waals surface area contributed by atoms with Gasteiger partial charge in [-0.15, -0.1) is 6.58 Å². The van der Waals surface area contributed by atoms with E-state index in [4.69, 9.17) is 27.9 Å². The fourth-order valence-electron chi connectivity index (χ4n) is 2.67. The number of carbonyl (C=O) groups is 1. The molecule has 5 nitrogen and oxygen atoms in total. The Kier molecular flexibility index (Phi) is 6.82. The van der Waals surface area contributed by atoms with Crippen molar-refractivity contribution in [2.75, 3.05) is 10.8 Å². The largest absolute Gasteiger partial charge is 0.423 e. The molecule has 0 saturated heterocycles. The van der Waals surface area contributed by atoms with Gasteiger partial charge in [0.15, 0.2) is 0 Å². The normalized spacial score (nSPS) is 11.0.